The van der Waals surface area contributed by atoms with Crippen molar-refractivity contribution in [3.05, 3.63) is 77.6 Å². The third kappa shape index (κ3) is 6.25. The van der Waals surface area contributed by atoms with E-state index in [9.17, 15) is 27.2 Å². The van der Waals surface area contributed by atoms with Gasteiger partial charge in [0.2, 0.25) is 5.91 Å². The van der Waals surface area contributed by atoms with E-state index < -0.39 is 23.0 Å². The maximum Gasteiger partial charge on any atom is 0.418 e. The van der Waals surface area contributed by atoms with Gasteiger partial charge >= 0.3 is 6.18 Å². The third-order valence-corrected chi connectivity index (χ3v) is 6.25. The van der Waals surface area contributed by atoms with Gasteiger partial charge < -0.3 is 20.7 Å². The van der Waals surface area contributed by atoms with Gasteiger partial charge in [-0.2, -0.15) is 13.2 Å². The van der Waals surface area contributed by atoms with E-state index in [1.165, 1.54) is 24.5 Å². The Morgan fingerprint density at radius 3 is 2.55 bits per heavy atom. The second-order valence-corrected chi connectivity index (χ2v) is 8.93. The Kier molecular flexibility index (Phi) is 7.91. The van der Waals surface area contributed by atoms with Crippen molar-refractivity contribution in [3.63, 3.8) is 0 Å². The van der Waals surface area contributed by atoms with Crippen LogP contribution in [0.25, 0.3) is 0 Å². The fraction of sp³-hybridized carbons (Fsp3) is 0.308. The maximum absolute atomic E-state index is 13.3. The largest absolute Gasteiger partial charge is 0.418 e. The lowest BCUT2D eigenvalue weighted by Gasteiger charge is -2.25. The molecule has 1 saturated heterocycles. The minimum atomic E-state index is -4.74. The van der Waals surface area contributed by atoms with Crippen LogP contribution >= 0.6 is 0 Å². The molecule has 4 rings (SSSR count). The van der Waals surface area contributed by atoms with Crippen LogP contribution in [0.2, 0.25) is 0 Å². The van der Waals surface area contributed by atoms with Gasteiger partial charge in [0.25, 0.3) is 0 Å². The van der Waals surface area contributed by atoms with Crippen LogP contribution in [0.4, 0.5) is 34.6 Å². The summed E-state index contributed by atoms with van der Waals surface area (Å²) in [6.07, 6.45) is -0.0724. The number of halogens is 4. The monoisotopic (exact) mass is 531 g/mol. The van der Waals surface area contributed by atoms with Gasteiger partial charge in [-0.25, -0.2) is 4.39 Å². The molecular formula is C26H25F4N5O3. The van der Waals surface area contributed by atoms with Crippen molar-refractivity contribution in [2.24, 2.45) is 5.41 Å². The molecule has 3 aromatic rings. The van der Waals surface area contributed by atoms with Crippen LogP contribution in [-0.2, 0) is 22.3 Å². The highest BCUT2D eigenvalue weighted by molar-refractivity contribution is 6.00. The zero-order valence-corrected chi connectivity index (χ0v) is 20.4. The summed E-state index contributed by atoms with van der Waals surface area (Å²) in [6.45, 7) is 0.479. The summed E-state index contributed by atoms with van der Waals surface area (Å²) in [7, 11) is 1.71. The van der Waals surface area contributed by atoms with E-state index >= 15 is 0 Å². The smallest absolute Gasteiger partial charge is 0.387 e. The number of carbonyl (C=O) groups excluding carboxylic acids is 2. The SMILES string of the molecule is CNc1cncc(C(=O)C[C@@]2(C(=O)NCc3ccc(Nc4ccc(F)cc4C(F)(F)F)cn3)CCOC2)c1. The molecule has 1 aliphatic heterocycles. The zero-order chi connectivity index (χ0) is 27.3. The topological polar surface area (TPSA) is 105 Å². The molecule has 3 N–H and O–H groups in total. The number of rotatable bonds is 9. The number of amides is 1. The first-order chi connectivity index (χ1) is 18.1. The average molecular weight is 532 g/mol. The minimum absolute atomic E-state index is 0.0379. The number of anilines is 3. The van der Waals surface area contributed by atoms with Crippen molar-refractivity contribution in [1.82, 2.24) is 15.3 Å². The molecule has 1 atom stereocenters. The molecule has 1 aliphatic rings. The van der Waals surface area contributed by atoms with E-state index in [1.807, 2.05) is 0 Å². The first-order valence-corrected chi connectivity index (χ1v) is 11.7. The first-order valence-electron chi connectivity index (χ1n) is 11.7. The van der Waals surface area contributed by atoms with Crippen LogP contribution in [0.15, 0.2) is 55.0 Å². The molecule has 0 spiro atoms. The Bertz CT molecular complexity index is 1310. The molecule has 38 heavy (non-hydrogen) atoms. The van der Waals surface area contributed by atoms with Crippen molar-refractivity contribution in [1.29, 1.82) is 0 Å². The Labute approximate surface area is 215 Å². The number of aromatic nitrogens is 2. The van der Waals surface area contributed by atoms with Crippen molar-refractivity contribution in [2.75, 3.05) is 30.9 Å². The maximum atomic E-state index is 13.3. The summed E-state index contributed by atoms with van der Waals surface area (Å²) in [5.74, 6) is -1.59. The van der Waals surface area contributed by atoms with Crippen molar-refractivity contribution in [2.45, 2.75) is 25.6 Å². The number of alkyl halides is 3. The number of hydrogen-bond acceptors (Lipinski definition) is 7. The fourth-order valence-electron chi connectivity index (χ4n) is 4.12. The number of ketones is 1. The van der Waals surface area contributed by atoms with E-state index in [2.05, 4.69) is 25.9 Å². The first kappa shape index (κ1) is 27.0. The molecular weight excluding hydrogens is 506 g/mol. The molecule has 200 valence electrons. The van der Waals surface area contributed by atoms with E-state index in [0.717, 1.165) is 12.1 Å². The zero-order valence-electron chi connectivity index (χ0n) is 20.4. The molecule has 0 aliphatic carbocycles. The number of nitrogens with zero attached hydrogens (tertiary/aromatic N) is 2. The Morgan fingerprint density at radius 1 is 1.08 bits per heavy atom. The van der Waals surface area contributed by atoms with Crippen LogP contribution in [0.1, 0.15) is 34.5 Å². The molecule has 3 heterocycles. The second kappa shape index (κ2) is 11.1. The molecule has 0 bridgehead atoms. The lowest BCUT2D eigenvalue weighted by molar-refractivity contribution is -0.137. The summed E-state index contributed by atoms with van der Waals surface area (Å²) in [5, 5.41) is 8.31. The predicted octanol–water partition coefficient (Wildman–Crippen LogP) is 4.72. The number of ether oxygens (including phenoxy) is 1. The van der Waals surface area contributed by atoms with Gasteiger partial charge in [0.05, 0.1) is 53.1 Å². The number of pyridine rings is 2. The summed E-state index contributed by atoms with van der Waals surface area (Å²) >= 11 is 0. The Balaban J connectivity index is 1.40. The molecule has 2 aromatic heterocycles. The highest BCUT2D eigenvalue weighted by Crippen LogP contribution is 2.37. The van der Waals surface area contributed by atoms with Gasteiger partial charge in [0.1, 0.15) is 5.82 Å². The van der Waals surface area contributed by atoms with Crippen LogP contribution in [0.3, 0.4) is 0 Å². The van der Waals surface area contributed by atoms with Crippen LogP contribution in [0, 0.1) is 11.2 Å². The molecule has 0 unspecified atom stereocenters. The number of hydrogen-bond donors (Lipinski definition) is 3. The van der Waals surface area contributed by atoms with Crippen molar-refractivity contribution >= 4 is 28.8 Å². The van der Waals surface area contributed by atoms with Gasteiger partial charge in [-0.15, -0.1) is 0 Å². The normalized spacial score (nSPS) is 17.2. The number of carbonyl (C=O) groups is 2. The Morgan fingerprint density at radius 2 is 1.89 bits per heavy atom. The molecule has 1 aromatic carbocycles. The van der Waals surface area contributed by atoms with E-state index in [-0.39, 0.29) is 42.6 Å². The van der Waals surface area contributed by atoms with Crippen LogP contribution in [-0.4, -0.2) is 41.9 Å². The molecule has 1 amide bonds. The molecule has 0 saturated carbocycles. The van der Waals surface area contributed by atoms with Gasteiger partial charge in [-0.3, -0.25) is 19.6 Å². The second-order valence-electron chi connectivity index (χ2n) is 8.93. The number of Topliss-reactive ketones (excluding diaryl/α,β-unsaturated/α-hetero) is 1. The lowest BCUT2D eigenvalue weighted by atomic mass is 9.80. The van der Waals surface area contributed by atoms with Gasteiger partial charge in [0, 0.05) is 38.0 Å². The van der Waals surface area contributed by atoms with Gasteiger partial charge in [-0.05, 0) is 42.8 Å². The van der Waals surface area contributed by atoms with Gasteiger partial charge in [0.15, 0.2) is 5.78 Å². The number of benzene rings is 1. The molecule has 8 nitrogen and oxygen atoms in total. The summed E-state index contributed by atoms with van der Waals surface area (Å²) < 4.78 is 58.5. The molecule has 1 fully saturated rings. The summed E-state index contributed by atoms with van der Waals surface area (Å²) in [5.41, 5.74) is -0.729. The summed E-state index contributed by atoms with van der Waals surface area (Å²) in [6, 6.07) is 7.05. The van der Waals surface area contributed by atoms with Crippen molar-refractivity contribution in [3.8, 4) is 0 Å². The average Bonchev–Trinajstić information content (AvgIpc) is 3.38. The highest BCUT2D eigenvalue weighted by atomic mass is 19.4. The van der Waals surface area contributed by atoms with E-state index in [4.69, 9.17) is 4.74 Å². The van der Waals surface area contributed by atoms with Crippen LogP contribution < -0.4 is 16.0 Å². The standard InChI is InChI=1S/C26H25F4N5O3/c1-31-20-8-16(11-32-12-20)23(36)10-25(6-7-38-15-25)24(37)34-13-18-3-4-19(14-33-18)35-22-5-2-17(27)9-21(22)26(28,29)30/h2-5,8-9,11-12,14,31,35H,6-7,10,13,15H2,1H3,(H,34,37)/t25-/m0/s1. The van der Waals surface area contributed by atoms with Crippen LogP contribution in [0.5, 0.6) is 0 Å². The van der Waals surface area contributed by atoms with Crippen molar-refractivity contribution < 1.29 is 31.9 Å². The van der Waals surface area contributed by atoms with E-state index in [0.29, 0.717) is 36.0 Å². The predicted molar refractivity (Wildman–Crippen MR) is 131 cm³/mol. The highest BCUT2D eigenvalue weighted by Gasteiger charge is 2.44. The summed E-state index contributed by atoms with van der Waals surface area (Å²) in [4.78, 5) is 34.3. The van der Waals surface area contributed by atoms with E-state index in [1.54, 1.807) is 19.3 Å². The van der Waals surface area contributed by atoms with Gasteiger partial charge in [-0.1, -0.05) is 0 Å². The molecule has 0 radical (unpaired) electrons. The minimum Gasteiger partial charge on any atom is -0.387 e. The third-order valence-electron chi connectivity index (χ3n) is 6.25. The number of nitrogens with one attached hydrogen (secondary N) is 3. The molecule has 12 heteroatoms. The fourth-order valence-corrected chi connectivity index (χ4v) is 4.12. The lowest BCUT2D eigenvalue weighted by Crippen LogP contribution is -2.42. The quantitative estimate of drug-likeness (QED) is 0.271. The Hall–Kier alpha value is -4.06.